The molecule has 0 bridgehead atoms. The van der Waals surface area contributed by atoms with Crippen molar-refractivity contribution in [2.45, 2.75) is 5.75 Å². The van der Waals surface area contributed by atoms with Gasteiger partial charge in [-0.25, -0.2) is 8.42 Å². The van der Waals surface area contributed by atoms with Crippen LogP contribution in [0.1, 0.15) is 21.5 Å². The highest BCUT2D eigenvalue weighted by molar-refractivity contribution is 8.13. The zero-order valence-electron chi connectivity index (χ0n) is 10.2. The summed E-state index contributed by atoms with van der Waals surface area (Å²) in [6, 6.07) is 12.9. The van der Waals surface area contributed by atoms with Gasteiger partial charge in [0.05, 0.1) is 5.75 Å². The second kappa shape index (κ2) is 5.95. The van der Waals surface area contributed by atoms with Gasteiger partial charge in [0.15, 0.2) is 5.78 Å². The van der Waals surface area contributed by atoms with Crippen molar-refractivity contribution in [3.05, 3.63) is 70.2 Å². The predicted octanol–water partition coefficient (Wildman–Crippen LogP) is 3.64. The summed E-state index contributed by atoms with van der Waals surface area (Å²) in [4.78, 5) is 12.2. The summed E-state index contributed by atoms with van der Waals surface area (Å²) >= 11 is 5.76. The summed E-state index contributed by atoms with van der Waals surface area (Å²) in [5.74, 6) is -0.411. The normalized spacial score (nSPS) is 11.3. The second-order valence-electron chi connectivity index (χ2n) is 4.22. The van der Waals surface area contributed by atoms with Gasteiger partial charge in [-0.1, -0.05) is 35.9 Å². The molecular weight excluding hydrogens is 319 g/mol. The lowest BCUT2D eigenvalue weighted by Crippen LogP contribution is -2.02. The summed E-state index contributed by atoms with van der Waals surface area (Å²) in [6.07, 6.45) is 0. The van der Waals surface area contributed by atoms with E-state index >= 15 is 0 Å². The van der Waals surface area contributed by atoms with Crippen molar-refractivity contribution >= 4 is 37.1 Å². The highest BCUT2D eigenvalue weighted by atomic mass is 35.7. The maximum Gasteiger partial charge on any atom is 0.236 e. The molecule has 104 valence electrons. The Bertz CT molecular complexity index is 720. The van der Waals surface area contributed by atoms with E-state index < -0.39 is 9.05 Å². The number of carbonyl (C=O) groups is 1. The molecule has 3 nitrogen and oxygen atoms in total. The van der Waals surface area contributed by atoms with E-state index in [4.69, 9.17) is 22.3 Å². The SMILES string of the molecule is O=C(c1ccc(Cl)cc1)c1ccc(CS(=O)(=O)Cl)cc1. The van der Waals surface area contributed by atoms with Gasteiger partial charge >= 0.3 is 0 Å². The Balaban J connectivity index is 2.21. The minimum atomic E-state index is -3.59. The molecule has 0 saturated heterocycles. The lowest BCUT2D eigenvalue weighted by atomic mass is 10.0. The van der Waals surface area contributed by atoms with Gasteiger partial charge < -0.3 is 0 Å². The first-order valence-corrected chi connectivity index (χ1v) is 8.52. The van der Waals surface area contributed by atoms with Gasteiger partial charge in [0, 0.05) is 26.8 Å². The molecule has 0 heterocycles. The molecule has 2 aromatic carbocycles. The molecule has 6 heteroatoms. The Morgan fingerprint density at radius 1 is 0.900 bits per heavy atom. The zero-order valence-corrected chi connectivity index (χ0v) is 12.5. The van der Waals surface area contributed by atoms with Crippen molar-refractivity contribution in [3.8, 4) is 0 Å². The molecular formula is C14H10Cl2O3S. The van der Waals surface area contributed by atoms with Gasteiger partial charge in [0.2, 0.25) is 9.05 Å². The van der Waals surface area contributed by atoms with Crippen molar-refractivity contribution in [1.82, 2.24) is 0 Å². The highest BCUT2D eigenvalue weighted by Crippen LogP contribution is 2.16. The van der Waals surface area contributed by atoms with E-state index in [-0.39, 0.29) is 11.5 Å². The molecule has 0 aliphatic carbocycles. The van der Waals surface area contributed by atoms with Crippen molar-refractivity contribution in [3.63, 3.8) is 0 Å². The molecule has 0 unspecified atom stereocenters. The molecule has 0 radical (unpaired) electrons. The first-order chi connectivity index (χ1) is 9.35. The quantitative estimate of drug-likeness (QED) is 0.636. The Hall–Kier alpha value is -1.36. The number of hydrogen-bond donors (Lipinski definition) is 0. The van der Waals surface area contributed by atoms with Crippen LogP contribution in [0.5, 0.6) is 0 Å². The van der Waals surface area contributed by atoms with E-state index in [1.54, 1.807) is 48.5 Å². The molecule has 0 amide bonds. The summed E-state index contributed by atoms with van der Waals surface area (Å²) < 4.78 is 21.9. The minimum Gasteiger partial charge on any atom is -0.289 e. The molecule has 0 spiro atoms. The van der Waals surface area contributed by atoms with E-state index in [2.05, 4.69) is 0 Å². The maximum absolute atomic E-state index is 12.2. The smallest absolute Gasteiger partial charge is 0.236 e. The van der Waals surface area contributed by atoms with Crippen LogP contribution < -0.4 is 0 Å². The van der Waals surface area contributed by atoms with Gasteiger partial charge in [0.25, 0.3) is 0 Å². The Morgan fingerprint density at radius 3 is 1.80 bits per heavy atom. The topological polar surface area (TPSA) is 51.2 Å². The standard InChI is InChI=1S/C14H10Cl2O3S/c15-13-7-5-12(6-8-13)14(17)11-3-1-10(2-4-11)9-20(16,18)19/h1-8H,9H2. The van der Waals surface area contributed by atoms with Gasteiger partial charge in [-0.2, -0.15) is 0 Å². The largest absolute Gasteiger partial charge is 0.289 e. The van der Waals surface area contributed by atoms with Crippen LogP contribution in [0.25, 0.3) is 0 Å². The lowest BCUT2D eigenvalue weighted by molar-refractivity contribution is 0.103. The molecule has 0 aliphatic rings. The average Bonchev–Trinajstić information content (AvgIpc) is 2.38. The van der Waals surface area contributed by atoms with E-state index in [0.29, 0.717) is 21.7 Å². The van der Waals surface area contributed by atoms with Crippen LogP contribution in [0.15, 0.2) is 48.5 Å². The van der Waals surface area contributed by atoms with Crippen molar-refractivity contribution in [1.29, 1.82) is 0 Å². The summed E-state index contributed by atoms with van der Waals surface area (Å²) in [5, 5.41) is 0.559. The van der Waals surface area contributed by atoms with Crippen LogP contribution >= 0.6 is 22.3 Å². The monoisotopic (exact) mass is 328 g/mol. The van der Waals surface area contributed by atoms with Gasteiger partial charge in [0.1, 0.15) is 0 Å². The molecule has 0 fully saturated rings. The van der Waals surface area contributed by atoms with Crippen LogP contribution in [-0.4, -0.2) is 14.2 Å². The average molecular weight is 329 g/mol. The number of ketones is 1. The molecule has 0 aromatic heterocycles. The lowest BCUT2D eigenvalue weighted by Gasteiger charge is -2.03. The molecule has 0 atom stereocenters. The zero-order chi connectivity index (χ0) is 14.8. The number of benzene rings is 2. The van der Waals surface area contributed by atoms with Crippen LogP contribution in [-0.2, 0) is 14.8 Å². The van der Waals surface area contributed by atoms with E-state index in [1.807, 2.05) is 0 Å². The molecule has 0 saturated carbocycles. The molecule has 2 aromatic rings. The minimum absolute atomic E-state index is 0.151. The molecule has 2 rings (SSSR count). The summed E-state index contributed by atoms with van der Waals surface area (Å²) in [5.41, 5.74) is 1.53. The van der Waals surface area contributed by atoms with Crippen LogP contribution in [0.4, 0.5) is 0 Å². The predicted molar refractivity (Wildman–Crippen MR) is 79.8 cm³/mol. The first-order valence-electron chi connectivity index (χ1n) is 5.67. The number of carbonyl (C=O) groups excluding carboxylic acids is 1. The third kappa shape index (κ3) is 4.07. The molecule has 20 heavy (non-hydrogen) atoms. The van der Waals surface area contributed by atoms with Crippen molar-refractivity contribution in [2.75, 3.05) is 0 Å². The Kier molecular flexibility index (Phi) is 4.48. The Labute approximate surface area is 126 Å². The summed E-state index contributed by atoms with van der Waals surface area (Å²) in [6.45, 7) is 0. The summed E-state index contributed by atoms with van der Waals surface area (Å²) in [7, 11) is 1.58. The van der Waals surface area contributed by atoms with Crippen molar-refractivity contribution < 1.29 is 13.2 Å². The van der Waals surface area contributed by atoms with E-state index in [1.165, 1.54) is 0 Å². The van der Waals surface area contributed by atoms with Crippen LogP contribution in [0.2, 0.25) is 5.02 Å². The number of rotatable bonds is 4. The van der Waals surface area contributed by atoms with Gasteiger partial charge in [-0.05, 0) is 29.8 Å². The fourth-order valence-corrected chi connectivity index (χ4v) is 2.81. The second-order valence-corrected chi connectivity index (χ2v) is 7.43. The first kappa shape index (κ1) is 15.0. The van der Waals surface area contributed by atoms with Gasteiger partial charge in [-0.15, -0.1) is 0 Å². The number of halogens is 2. The third-order valence-corrected chi connectivity index (χ3v) is 3.92. The van der Waals surface area contributed by atoms with E-state index in [9.17, 15) is 13.2 Å². The highest BCUT2D eigenvalue weighted by Gasteiger charge is 2.11. The molecule has 0 N–H and O–H groups in total. The van der Waals surface area contributed by atoms with Crippen molar-refractivity contribution in [2.24, 2.45) is 0 Å². The van der Waals surface area contributed by atoms with Gasteiger partial charge in [-0.3, -0.25) is 4.79 Å². The Morgan fingerprint density at radius 2 is 1.35 bits per heavy atom. The fourth-order valence-electron chi connectivity index (χ4n) is 1.72. The molecule has 0 aliphatic heterocycles. The van der Waals surface area contributed by atoms with E-state index in [0.717, 1.165) is 0 Å². The van der Waals surface area contributed by atoms with Crippen LogP contribution in [0.3, 0.4) is 0 Å². The fraction of sp³-hybridized carbons (Fsp3) is 0.0714. The maximum atomic E-state index is 12.2. The third-order valence-electron chi connectivity index (χ3n) is 2.66. The number of hydrogen-bond acceptors (Lipinski definition) is 3. The van der Waals surface area contributed by atoms with Crippen LogP contribution in [0, 0.1) is 0 Å².